The number of halogens is 2. The molecule has 0 aromatic heterocycles. The molecule has 1 aliphatic heterocycles. The third-order valence-corrected chi connectivity index (χ3v) is 3.47. The maximum absolute atomic E-state index is 13.5. The van der Waals surface area contributed by atoms with Crippen LogP contribution in [0.25, 0.3) is 0 Å². The Morgan fingerprint density at radius 2 is 1.95 bits per heavy atom. The Labute approximate surface area is 116 Å². The number of carbonyl (C=O) groups is 1. The number of rotatable bonds is 5. The van der Waals surface area contributed by atoms with E-state index in [1.165, 1.54) is 12.8 Å². The van der Waals surface area contributed by atoms with Gasteiger partial charge in [-0.15, -0.1) is 0 Å². The minimum atomic E-state index is -0.895. The highest BCUT2D eigenvalue weighted by molar-refractivity contribution is 5.95. The summed E-state index contributed by atoms with van der Waals surface area (Å²) in [7, 11) is 0. The molecule has 20 heavy (non-hydrogen) atoms. The number of nitrogens with one attached hydrogen (secondary N) is 1. The average molecular weight is 283 g/mol. The predicted molar refractivity (Wildman–Crippen MR) is 73.4 cm³/mol. The lowest BCUT2D eigenvalue weighted by molar-refractivity contribution is 0.0948. The van der Waals surface area contributed by atoms with Crippen LogP contribution in [-0.2, 0) is 0 Å². The van der Waals surface area contributed by atoms with E-state index in [1.54, 1.807) is 0 Å². The first-order chi connectivity index (χ1) is 9.58. The summed E-state index contributed by atoms with van der Waals surface area (Å²) < 4.78 is 26.5. The van der Waals surface area contributed by atoms with E-state index < -0.39 is 17.5 Å². The summed E-state index contributed by atoms with van der Waals surface area (Å²) in [5.41, 5.74) is 4.89. The Morgan fingerprint density at radius 1 is 1.25 bits per heavy atom. The van der Waals surface area contributed by atoms with Crippen molar-refractivity contribution in [2.24, 2.45) is 0 Å². The zero-order valence-electron chi connectivity index (χ0n) is 11.3. The van der Waals surface area contributed by atoms with Crippen LogP contribution in [0.5, 0.6) is 0 Å². The van der Waals surface area contributed by atoms with Gasteiger partial charge in [-0.3, -0.25) is 4.79 Å². The highest BCUT2D eigenvalue weighted by Gasteiger charge is 2.15. The molecule has 0 saturated carbocycles. The van der Waals surface area contributed by atoms with Crippen LogP contribution in [0.2, 0.25) is 0 Å². The van der Waals surface area contributed by atoms with Gasteiger partial charge in [0.1, 0.15) is 11.6 Å². The van der Waals surface area contributed by atoms with E-state index in [9.17, 15) is 13.6 Å². The quantitative estimate of drug-likeness (QED) is 0.639. The molecule has 1 fully saturated rings. The molecule has 0 spiro atoms. The Kier molecular flexibility index (Phi) is 4.89. The van der Waals surface area contributed by atoms with Gasteiger partial charge in [-0.1, -0.05) is 0 Å². The predicted octanol–water partition coefficient (Wildman–Crippen LogP) is 1.76. The van der Waals surface area contributed by atoms with E-state index >= 15 is 0 Å². The Hall–Kier alpha value is -1.69. The maximum Gasteiger partial charge on any atom is 0.254 e. The number of anilines is 1. The van der Waals surface area contributed by atoms with Gasteiger partial charge in [0.05, 0.1) is 11.3 Å². The zero-order valence-corrected chi connectivity index (χ0v) is 11.3. The number of nitrogens with two attached hydrogens (primary N) is 1. The smallest absolute Gasteiger partial charge is 0.254 e. The summed E-state index contributed by atoms with van der Waals surface area (Å²) in [6.45, 7) is 3.61. The highest BCUT2D eigenvalue weighted by atomic mass is 19.1. The molecule has 2 rings (SSSR count). The number of benzene rings is 1. The second-order valence-corrected chi connectivity index (χ2v) is 5.01. The Bertz CT molecular complexity index is 488. The fraction of sp³-hybridized carbons (Fsp3) is 0.500. The molecule has 1 amide bonds. The van der Waals surface area contributed by atoms with Crippen LogP contribution in [0.1, 0.15) is 29.6 Å². The van der Waals surface area contributed by atoms with Crippen LogP contribution in [0.3, 0.4) is 0 Å². The van der Waals surface area contributed by atoms with Gasteiger partial charge in [-0.05, 0) is 45.0 Å². The molecular formula is C14H19F2N3O. The van der Waals surface area contributed by atoms with Crippen molar-refractivity contribution in [3.63, 3.8) is 0 Å². The van der Waals surface area contributed by atoms with Gasteiger partial charge in [0, 0.05) is 12.6 Å². The normalized spacial score (nSPS) is 15.5. The minimum Gasteiger partial charge on any atom is -0.396 e. The molecule has 0 bridgehead atoms. The van der Waals surface area contributed by atoms with E-state index in [-0.39, 0.29) is 11.3 Å². The fourth-order valence-electron chi connectivity index (χ4n) is 2.35. The molecule has 1 aromatic rings. The number of hydrogen-bond acceptors (Lipinski definition) is 3. The van der Waals surface area contributed by atoms with E-state index in [0.29, 0.717) is 12.6 Å². The Balaban J connectivity index is 1.81. The first-order valence-corrected chi connectivity index (χ1v) is 6.83. The van der Waals surface area contributed by atoms with Crippen LogP contribution in [0.15, 0.2) is 12.1 Å². The monoisotopic (exact) mass is 283 g/mol. The number of hydrogen-bond donors (Lipinski definition) is 2. The first kappa shape index (κ1) is 14.7. The lowest BCUT2D eigenvalue weighted by atomic mass is 10.1. The van der Waals surface area contributed by atoms with E-state index in [1.807, 2.05) is 0 Å². The summed E-state index contributed by atoms with van der Waals surface area (Å²) >= 11 is 0. The molecule has 0 aliphatic carbocycles. The second kappa shape index (κ2) is 6.65. The van der Waals surface area contributed by atoms with Gasteiger partial charge >= 0.3 is 0 Å². The third-order valence-electron chi connectivity index (χ3n) is 3.47. The number of nitrogen functional groups attached to an aromatic ring is 1. The molecule has 1 saturated heterocycles. The van der Waals surface area contributed by atoms with Crippen molar-refractivity contribution in [3.8, 4) is 0 Å². The minimum absolute atomic E-state index is 0.218. The van der Waals surface area contributed by atoms with Crippen molar-refractivity contribution in [3.05, 3.63) is 29.3 Å². The molecule has 6 heteroatoms. The molecule has 3 N–H and O–H groups in total. The van der Waals surface area contributed by atoms with Crippen molar-refractivity contribution >= 4 is 11.6 Å². The SMILES string of the molecule is Nc1cc(C(=O)NCCCN2CCCC2)c(F)cc1F. The molecule has 1 aliphatic rings. The van der Waals surface area contributed by atoms with E-state index in [0.717, 1.165) is 32.1 Å². The number of amides is 1. The molecular weight excluding hydrogens is 264 g/mol. The van der Waals surface area contributed by atoms with Gasteiger partial charge in [-0.2, -0.15) is 0 Å². The van der Waals surface area contributed by atoms with Gasteiger partial charge in [0.2, 0.25) is 0 Å². The van der Waals surface area contributed by atoms with Crippen molar-refractivity contribution in [1.82, 2.24) is 10.2 Å². The Morgan fingerprint density at radius 3 is 2.65 bits per heavy atom. The third kappa shape index (κ3) is 3.66. The van der Waals surface area contributed by atoms with Crippen LogP contribution < -0.4 is 11.1 Å². The lowest BCUT2D eigenvalue weighted by Crippen LogP contribution is -2.29. The largest absolute Gasteiger partial charge is 0.396 e. The van der Waals surface area contributed by atoms with Gasteiger partial charge in [-0.25, -0.2) is 8.78 Å². The summed E-state index contributed by atoms with van der Waals surface area (Å²) in [6.07, 6.45) is 3.27. The van der Waals surface area contributed by atoms with Crippen LogP contribution in [-0.4, -0.2) is 37.0 Å². The second-order valence-electron chi connectivity index (χ2n) is 5.01. The fourth-order valence-corrected chi connectivity index (χ4v) is 2.35. The van der Waals surface area contributed by atoms with Gasteiger partial charge in [0.15, 0.2) is 0 Å². The molecule has 1 aromatic carbocycles. The molecule has 0 atom stereocenters. The molecule has 110 valence electrons. The van der Waals surface area contributed by atoms with Crippen molar-refractivity contribution in [2.75, 3.05) is 31.9 Å². The van der Waals surface area contributed by atoms with Crippen molar-refractivity contribution < 1.29 is 13.6 Å². The summed E-state index contributed by atoms with van der Waals surface area (Å²) in [6, 6.07) is 1.66. The van der Waals surface area contributed by atoms with Gasteiger partial charge < -0.3 is 16.0 Å². The van der Waals surface area contributed by atoms with Crippen LogP contribution in [0.4, 0.5) is 14.5 Å². The number of nitrogens with zero attached hydrogens (tertiary/aromatic N) is 1. The van der Waals surface area contributed by atoms with Crippen LogP contribution >= 0.6 is 0 Å². The summed E-state index contributed by atoms with van der Waals surface area (Å²) in [5.74, 6) is -2.31. The van der Waals surface area contributed by atoms with E-state index in [4.69, 9.17) is 5.73 Å². The van der Waals surface area contributed by atoms with E-state index in [2.05, 4.69) is 10.2 Å². The number of carbonyl (C=O) groups excluding carboxylic acids is 1. The first-order valence-electron chi connectivity index (χ1n) is 6.83. The van der Waals surface area contributed by atoms with Gasteiger partial charge in [0.25, 0.3) is 5.91 Å². The zero-order chi connectivity index (χ0) is 14.5. The standard InChI is InChI=1S/C14H19F2N3O/c15-11-9-12(16)13(17)8-10(11)14(20)18-4-3-7-19-5-1-2-6-19/h8-9H,1-7,17H2,(H,18,20). The summed E-state index contributed by atoms with van der Waals surface area (Å²) in [5, 5.41) is 2.63. The van der Waals surface area contributed by atoms with Crippen LogP contribution in [0, 0.1) is 11.6 Å². The van der Waals surface area contributed by atoms with Crippen molar-refractivity contribution in [2.45, 2.75) is 19.3 Å². The maximum atomic E-state index is 13.5. The lowest BCUT2D eigenvalue weighted by Gasteiger charge is -2.14. The number of likely N-dealkylation sites (tertiary alicyclic amines) is 1. The summed E-state index contributed by atoms with van der Waals surface area (Å²) in [4.78, 5) is 14.1. The molecule has 1 heterocycles. The highest BCUT2D eigenvalue weighted by Crippen LogP contribution is 2.16. The molecule has 0 unspecified atom stereocenters. The van der Waals surface area contributed by atoms with Crippen molar-refractivity contribution in [1.29, 1.82) is 0 Å². The topological polar surface area (TPSA) is 58.4 Å². The average Bonchev–Trinajstić information content (AvgIpc) is 2.92. The molecule has 4 nitrogen and oxygen atoms in total. The molecule has 0 radical (unpaired) electrons.